The van der Waals surface area contributed by atoms with Gasteiger partial charge in [-0.3, -0.25) is 4.79 Å². The number of aromatic nitrogens is 2. The Balaban J connectivity index is 1.98. The number of anilines is 1. The predicted molar refractivity (Wildman–Crippen MR) is 74.3 cm³/mol. The minimum absolute atomic E-state index is 0.176. The zero-order valence-electron chi connectivity index (χ0n) is 11.2. The predicted octanol–water partition coefficient (Wildman–Crippen LogP) is 0.144. The van der Waals surface area contributed by atoms with Gasteiger partial charge in [0.2, 0.25) is 5.95 Å². The normalized spacial score (nSPS) is 16.2. The molecule has 1 aliphatic heterocycles. The maximum Gasteiger partial charge on any atom is 0.254 e. The summed E-state index contributed by atoms with van der Waals surface area (Å²) in [4.78, 5) is 24.6. The second-order valence-corrected chi connectivity index (χ2v) is 4.56. The van der Waals surface area contributed by atoms with Crippen LogP contribution in [0.1, 0.15) is 10.4 Å². The van der Waals surface area contributed by atoms with Crippen LogP contribution in [0.4, 0.5) is 5.95 Å². The number of piperazine rings is 1. The second kappa shape index (κ2) is 6.29. The molecule has 0 unspecified atom stereocenters. The van der Waals surface area contributed by atoms with E-state index in [2.05, 4.69) is 38.7 Å². The van der Waals surface area contributed by atoms with Crippen LogP contribution in [0.2, 0.25) is 0 Å². The zero-order valence-corrected chi connectivity index (χ0v) is 11.2. The molecule has 102 valence electrons. The molecule has 1 amide bonds. The molecule has 1 saturated heterocycles. The topological polar surface area (TPSA) is 61.4 Å². The van der Waals surface area contributed by atoms with E-state index in [1.165, 1.54) is 0 Å². The molecule has 1 fully saturated rings. The van der Waals surface area contributed by atoms with Crippen LogP contribution in [0, 0.1) is 0 Å². The SMILES string of the molecule is C=CCNC(=O)c1cnc(N2CCN(C)CC2)nc1. The second-order valence-electron chi connectivity index (χ2n) is 4.56. The average molecular weight is 261 g/mol. The first-order valence-electron chi connectivity index (χ1n) is 6.35. The molecule has 6 nitrogen and oxygen atoms in total. The molecule has 0 saturated carbocycles. The van der Waals surface area contributed by atoms with Crippen LogP contribution < -0.4 is 10.2 Å². The summed E-state index contributed by atoms with van der Waals surface area (Å²) in [5, 5.41) is 2.70. The van der Waals surface area contributed by atoms with E-state index in [1.54, 1.807) is 18.5 Å². The van der Waals surface area contributed by atoms with Gasteiger partial charge in [0, 0.05) is 45.1 Å². The Labute approximate surface area is 113 Å². The third-order valence-electron chi connectivity index (χ3n) is 3.09. The molecule has 1 aromatic heterocycles. The minimum atomic E-state index is -0.176. The zero-order chi connectivity index (χ0) is 13.7. The fraction of sp³-hybridized carbons (Fsp3) is 0.462. The number of amides is 1. The lowest BCUT2D eigenvalue weighted by Crippen LogP contribution is -2.45. The number of rotatable bonds is 4. The highest BCUT2D eigenvalue weighted by atomic mass is 16.1. The highest BCUT2D eigenvalue weighted by Crippen LogP contribution is 2.09. The van der Waals surface area contributed by atoms with E-state index in [1.807, 2.05) is 0 Å². The molecular formula is C13H19N5O. The van der Waals surface area contributed by atoms with E-state index in [9.17, 15) is 4.79 Å². The van der Waals surface area contributed by atoms with Gasteiger partial charge in [-0.15, -0.1) is 6.58 Å². The largest absolute Gasteiger partial charge is 0.348 e. The Hall–Kier alpha value is -1.95. The van der Waals surface area contributed by atoms with Crippen molar-refractivity contribution in [2.75, 3.05) is 44.7 Å². The van der Waals surface area contributed by atoms with Crippen LogP contribution in [0.5, 0.6) is 0 Å². The summed E-state index contributed by atoms with van der Waals surface area (Å²) in [5.41, 5.74) is 0.472. The van der Waals surface area contributed by atoms with E-state index in [-0.39, 0.29) is 5.91 Å². The standard InChI is InChI=1S/C13H19N5O/c1-3-4-14-12(19)11-9-15-13(16-10-11)18-7-5-17(2)6-8-18/h3,9-10H,1,4-8H2,2H3,(H,14,19). The molecular weight excluding hydrogens is 242 g/mol. The molecule has 0 radical (unpaired) electrons. The maximum absolute atomic E-state index is 11.7. The van der Waals surface area contributed by atoms with E-state index < -0.39 is 0 Å². The third-order valence-corrected chi connectivity index (χ3v) is 3.09. The Morgan fingerprint density at radius 2 is 2.00 bits per heavy atom. The summed E-state index contributed by atoms with van der Waals surface area (Å²) in [6.45, 7) is 7.83. The van der Waals surface area contributed by atoms with Crippen molar-refractivity contribution >= 4 is 11.9 Å². The van der Waals surface area contributed by atoms with Crippen LogP contribution >= 0.6 is 0 Å². The van der Waals surface area contributed by atoms with Gasteiger partial charge in [0.05, 0.1) is 5.56 Å². The van der Waals surface area contributed by atoms with Gasteiger partial charge in [-0.25, -0.2) is 9.97 Å². The molecule has 2 heterocycles. The summed E-state index contributed by atoms with van der Waals surface area (Å²) in [6.07, 6.45) is 4.77. The molecule has 0 aliphatic carbocycles. The number of nitrogens with zero attached hydrogens (tertiary/aromatic N) is 4. The summed E-state index contributed by atoms with van der Waals surface area (Å²) in [5.74, 6) is 0.512. The summed E-state index contributed by atoms with van der Waals surface area (Å²) in [6, 6.07) is 0. The van der Waals surface area contributed by atoms with E-state index in [4.69, 9.17) is 0 Å². The lowest BCUT2D eigenvalue weighted by Gasteiger charge is -2.32. The van der Waals surface area contributed by atoms with Crippen molar-refractivity contribution < 1.29 is 4.79 Å². The molecule has 0 aromatic carbocycles. The highest BCUT2D eigenvalue weighted by molar-refractivity contribution is 5.93. The van der Waals surface area contributed by atoms with Gasteiger partial charge in [-0.1, -0.05) is 6.08 Å². The fourth-order valence-electron chi connectivity index (χ4n) is 1.88. The fourth-order valence-corrected chi connectivity index (χ4v) is 1.88. The molecule has 1 N–H and O–H groups in total. The van der Waals surface area contributed by atoms with E-state index >= 15 is 0 Å². The quantitative estimate of drug-likeness (QED) is 0.781. The van der Waals surface area contributed by atoms with Gasteiger partial charge in [0.25, 0.3) is 5.91 Å². The van der Waals surface area contributed by atoms with Crippen LogP contribution in [0.3, 0.4) is 0 Å². The smallest absolute Gasteiger partial charge is 0.254 e. The van der Waals surface area contributed by atoms with Crippen molar-refractivity contribution in [3.63, 3.8) is 0 Å². The molecule has 2 rings (SSSR count). The number of nitrogens with one attached hydrogen (secondary N) is 1. The first-order valence-corrected chi connectivity index (χ1v) is 6.35. The number of carbonyl (C=O) groups excluding carboxylic acids is 1. The van der Waals surface area contributed by atoms with Crippen molar-refractivity contribution in [2.45, 2.75) is 0 Å². The monoisotopic (exact) mass is 261 g/mol. The minimum Gasteiger partial charge on any atom is -0.348 e. The summed E-state index contributed by atoms with van der Waals surface area (Å²) < 4.78 is 0. The van der Waals surface area contributed by atoms with Crippen LogP contribution in [-0.4, -0.2) is 60.5 Å². The van der Waals surface area contributed by atoms with Gasteiger partial charge in [-0.2, -0.15) is 0 Å². The lowest BCUT2D eigenvalue weighted by molar-refractivity contribution is 0.0957. The number of hydrogen-bond acceptors (Lipinski definition) is 5. The third kappa shape index (κ3) is 3.51. The van der Waals surface area contributed by atoms with E-state index in [0.717, 1.165) is 26.2 Å². The average Bonchev–Trinajstić information content (AvgIpc) is 2.46. The molecule has 0 spiro atoms. The van der Waals surface area contributed by atoms with Gasteiger partial charge in [0.1, 0.15) is 0 Å². The van der Waals surface area contributed by atoms with Crippen LogP contribution in [0.25, 0.3) is 0 Å². The van der Waals surface area contributed by atoms with E-state index in [0.29, 0.717) is 18.1 Å². The first kappa shape index (κ1) is 13.5. The molecule has 19 heavy (non-hydrogen) atoms. The number of hydrogen-bond donors (Lipinski definition) is 1. The molecule has 0 atom stereocenters. The molecule has 1 aliphatic rings. The van der Waals surface area contributed by atoms with Gasteiger partial charge in [0.15, 0.2) is 0 Å². The molecule has 6 heteroatoms. The Bertz CT molecular complexity index is 437. The van der Waals surface area contributed by atoms with Crippen LogP contribution in [0.15, 0.2) is 25.0 Å². The van der Waals surface area contributed by atoms with Crippen molar-refractivity contribution in [1.29, 1.82) is 0 Å². The summed E-state index contributed by atoms with van der Waals surface area (Å²) >= 11 is 0. The highest BCUT2D eigenvalue weighted by Gasteiger charge is 2.16. The Morgan fingerprint density at radius 1 is 1.37 bits per heavy atom. The first-order chi connectivity index (χ1) is 9.20. The van der Waals surface area contributed by atoms with Crippen LogP contribution in [-0.2, 0) is 0 Å². The van der Waals surface area contributed by atoms with Crippen molar-refractivity contribution in [1.82, 2.24) is 20.2 Å². The van der Waals surface area contributed by atoms with Gasteiger partial charge in [-0.05, 0) is 7.05 Å². The van der Waals surface area contributed by atoms with Gasteiger partial charge < -0.3 is 15.1 Å². The summed E-state index contributed by atoms with van der Waals surface area (Å²) in [7, 11) is 2.10. The number of likely N-dealkylation sites (N-methyl/N-ethyl adjacent to an activating group) is 1. The molecule has 0 bridgehead atoms. The maximum atomic E-state index is 11.7. The van der Waals surface area contributed by atoms with Crippen molar-refractivity contribution in [3.8, 4) is 0 Å². The Morgan fingerprint density at radius 3 is 2.58 bits per heavy atom. The van der Waals surface area contributed by atoms with Gasteiger partial charge >= 0.3 is 0 Å². The molecule has 1 aromatic rings. The van der Waals surface area contributed by atoms with Crippen molar-refractivity contribution in [2.24, 2.45) is 0 Å². The lowest BCUT2D eigenvalue weighted by atomic mass is 10.3. The number of carbonyl (C=O) groups is 1. The Kier molecular flexibility index (Phi) is 4.46. The van der Waals surface area contributed by atoms with Crippen molar-refractivity contribution in [3.05, 3.63) is 30.6 Å².